The molecule has 0 fully saturated rings. The van der Waals surface area contributed by atoms with Crippen LogP contribution in [-0.2, 0) is 6.61 Å². The minimum absolute atomic E-state index is 0.254. The zero-order chi connectivity index (χ0) is 9.80. The third-order valence-corrected chi connectivity index (χ3v) is 2.02. The molecule has 0 aliphatic heterocycles. The van der Waals surface area contributed by atoms with Gasteiger partial charge < -0.3 is 4.74 Å². The second-order valence-electron chi connectivity index (χ2n) is 2.60. The van der Waals surface area contributed by atoms with Gasteiger partial charge in [0.25, 0.3) is 5.88 Å². The molecule has 3 nitrogen and oxygen atoms in total. The largest absolute Gasteiger partial charge is 0.471 e. The maximum atomic E-state index is 12.5. The Labute approximate surface area is 84.5 Å². The lowest BCUT2D eigenvalue weighted by atomic mass is 10.2. The fourth-order valence-electron chi connectivity index (χ4n) is 0.928. The molecule has 0 N–H and O–H groups in total. The van der Waals surface area contributed by atoms with Crippen molar-refractivity contribution in [2.45, 2.75) is 6.61 Å². The number of ether oxygens (including phenoxy) is 1. The Morgan fingerprint density at radius 3 is 2.79 bits per heavy atom. The number of hydrogen-bond acceptors (Lipinski definition) is 4. The van der Waals surface area contributed by atoms with Gasteiger partial charge in [-0.05, 0) is 17.7 Å². The highest BCUT2D eigenvalue weighted by atomic mass is 32.1. The molecule has 0 bridgehead atoms. The zero-order valence-corrected chi connectivity index (χ0v) is 7.92. The summed E-state index contributed by atoms with van der Waals surface area (Å²) in [5.41, 5.74) is 0.882. The molecular formula is C9H6FN2OS. The first kappa shape index (κ1) is 9.08. The molecule has 0 saturated carbocycles. The van der Waals surface area contributed by atoms with E-state index in [0.29, 0.717) is 12.5 Å². The molecular weight excluding hydrogens is 203 g/mol. The van der Waals surface area contributed by atoms with Crippen LogP contribution < -0.4 is 4.74 Å². The average molecular weight is 209 g/mol. The molecule has 2 rings (SSSR count). The van der Waals surface area contributed by atoms with E-state index in [0.717, 1.165) is 17.3 Å². The van der Waals surface area contributed by atoms with Crippen LogP contribution >= 0.6 is 11.7 Å². The van der Waals surface area contributed by atoms with Crippen molar-refractivity contribution in [2.24, 2.45) is 0 Å². The van der Waals surface area contributed by atoms with Crippen LogP contribution in [0.1, 0.15) is 5.56 Å². The van der Waals surface area contributed by atoms with E-state index in [1.165, 1.54) is 12.1 Å². The molecule has 0 saturated heterocycles. The van der Waals surface area contributed by atoms with Gasteiger partial charge in [0, 0.05) is 0 Å². The molecule has 14 heavy (non-hydrogen) atoms. The van der Waals surface area contributed by atoms with Crippen molar-refractivity contribution in [2.75, 3.05) is 0 Å². The molecule has 0 aliphatic carbocycles. The minimum Gasteiger partial charge on any atom is -0.471 e. The highest BCUT2D eigenvalue weighted by Crippen LogP contribution is 2.09. The van der Waals surface area contributed by atoms with Crippen LogP contribution in [0.2, 0.25) is 0 Å². The van der Waals surface area contributed by atoms with Crippen LogP contribution in [-0.4, -0.2) is 8.75 Å². The second kappa shape index (κ2) is 4.15. The van der Waals surface area contributed by atoms with Crippen molar-refractivity contribution < 1.29 is 9.13 Å². The van der Waals surface area contributed by atoms with E-state index >= 15 is 0 Å². The van der Waals surface area contributed by atoms with E-state index in [1.54, 1.807) is 12.1 Å². The van der Waals surface area contributed by atoms with Crippen LogP contribution in [0.5, 0.6) is 5.88 Å². The zero-order valence-electron chi connectivity index (χ0n) is 7.11. The van der Waals surface area contributed by atoms with Gasteiger partial charge in [-0.3, -0.25) is 0 Å². The van der Waals surface area contributed by atoms with Crippen LogP contribution in [0.4, 0.5) is 4.39 Å². The van der Waals surface area contributed by atoms with E-state index in [-0.39, 0.29) is 5.82 Å². The fraction of sp³-hybridized carbons (Fsp3) is 0.111. The van der Waals surface area contributed by atoms with Gasteiger partial charge >= 0.3 is 0 Å². The summed E-state index contributed by atoms with van der Waals surface area (Å²) in [6.45, 7) is 0.349. The Hall–Kier alpha value is -1.49. The molecule has 2 aromatic rings. The van der Waals surface area contributed by atoms with Gasteiger partial charge in [-0.25, -0.2) is 4.39 Å². The average Bonchev–Trinajstić information content (AvgIpc) is 2.70. The van der Waals surface area contributed by atoms with Gasteiger partial charge in [-0.2, -0.15) is 4.37 Å². The molecule has 0 spiro atoms. The van der Waals surface area contributed by atoms with E-state index in [9.17, 15) is 4.39 Å². The maximum Gasteiger partial charge on any atom is 0.256 e. The molecule has 1 aromatic carbocycles. The normalized spacial score (nSPS) is 10.1. The van der Waals surface area contributed by atoms with Crippen molar-refractivity contribution in [3.63, 3.8) is 0 Å². The summed E-state index contributed by atoms with van der Waals surface area (Å²) in [5, 5.41) is 0. The van der Waals surface area contributed by atoms with E-state index in [1.807, 2.05) is 0 Å². The monoisotopic (exact) mass is 209 g/mol. The Bertz CT molecular complexity index is 388. The Morgan fingerprint density at radius 2 is 2.14 bits per heavy atom. The van der Waals surface area contributed by atoms with Crippen molar-refractivity contribution in [3.05, 3.63) is 41.8 Å². The summed E-state index contributed by atoms with van der Waals surface area (Å²) in [7, 11) is 0. The predicted octanol–water partition coefficient (Wildman–Crippen LogP) is 2.06. The second-order valence-corrected chi connectivity index (χ2v) is 3.12. The first-order chi connectivity index (χ1) is 6.84. The number of benzene rings is 1. The standard InChI is InChI=1S/C9H6FN2OS/c10-8-3-1-7(2-4-8)6-13-9-5-11-14-12-9/h1-4H,6H2. The number of aromatic nitrogens is 2. The smallest absolute Gasteiger partial charge is 0.256 e. The van der Waals surface area contributed by atoms with Crippen LogP contribution in [0.3, 0.4) is 0 Å². The third-order valence-electron chi connectivity index (χ3n) is 1.59. The minimum atomic E-state index is -0.254. The molecule has 1 heterocycles. The molecule has 1 radical (unpaired) electrons. The number of nitrogens with zero attached hydrogens (tertiary/aromatic N) is 2. The summed E-state index contributed by atoms with van der Waals surface area (Å²) in [6, 6.07) is 6.10. The summed E-state index contributed by atoms with van der Waals surface area (Å²) >= 11 is 1.04. The van der Waals surface area contributed by atoms with E-state index in [4.69, 9.17) is 4.74 Å². The van der Waals surface area contributed by atoms with Crippen LogP contribution in [0.25, 0.3) is 0 Å². The van der Waals surface area contributed by atoms with Gasteiger partial charge in [-0.1, -0.05) is 12.1 Å². The number of halogens is 1. The van der Waals surface area contributed by atoms with Crippen molar-refractivity contribution in [3.8, 4) is 5.88 Å². The van der Waals surface area contributed by atoms with Gasteiger partial charge in [-0.15, -0.1) is 4.37 Å². The van der Waals surface area contributed by atoms with Gasteiger partial charge in [0.15, 0.2) is 6.20 Å². The molecule has 1 aromatic heterocycles. The first-order valence-electron chi connectivity index (χ1n) is 3.92. The Balaban J connectivity index is 1.95. The summed E-state index contributed by atoms with van der Waals surface area (Å²) < 4.78 is 25.3. The Kier molecular flexibility index (Phi) is 2.69. The van der Waals surface area contributed by atoms with Crippen LogP contribution in [0, 0.1) is 12.0 Å². The number of hydrogen-bond donors (Lipinski definition) is 0. The highest BCUT2D eigenvalue weighted by Gasteiger charge is 1.98. The third kappa shape index (κ3) is 2.26. The van der Waals surface area contributed by atoms with Gasteiger partial charge in [0.1, 0.15) is 12.4 Å². The maximum absolute atomic E-state index is 12.5. The summed E-state index contributed by atoms with van der Waals surface area (Å²) in [5.74, 6) is 0.120. The SMILES string of the molecule is Fc1ccc(COc2[c]nsn2)cc1. The Morgan fingerprint density at radius 1 is 1.36 bits per heavy atom. The predicted molar refractivity (Wildman–Crippen MR) is 49.5 cm³/mol. The first-order valence-corrected chi connectivity index (χ1v) is 4.65. The lowest BCUT2D eigenvalue weighted by Crippen LogP contribution is -1.95. The van der Waals surface area contributed by atoms with Crippen molar-refractivity contribution in [1.82, 2.24) is 8.75 Å². The highest BCUT2D eigenvalue weighted by molar-refractivity contribution is 6.99. The summed E-state index contributed by atoms with van der Waals surface area (Å²) in [6.07, 6.45) is 2.58. The van der Waals surface area contributed by atoms with Crippen molar-refractivity contribution >= 4 is 11.7 Å². The lowest BCUT2D eigenvalue weighted by molar-refractivity contribution is 0.295. The van der Waals surface area contributed by atoms with E-state index < -0.39 is 0 Å². The molecule has 0 aliphatic rings. The van der Waals surface area contributed by atoms with Crippen LogP contribution in [0.15, 0.2) is 24.3 Å². The van der Waals surface area contributed by atoms with Gasteiger partial charge in [0.2, 0.25) is 0 Å². The topological polar surface area (TPSA) is 35.0 Å². The molecule has 0 unspecified atom stereocenters. The van der Waals surface area contributed by atoms with E-state index in [2.05, 4.69) is 14.9 Å². The summed E-state index contributed by atoms with van der Waals surface area (Å²) in [4.78, 5) is 0. The lowest BCUT2D eigenvalue weighted by Gasteiger charge is -2.01. The van der Waals surface area contributed by atoms with Gasteiger partial charge in [0.05, 0.1) is 11.7 Å². The quantitative estimate of drug-likeness (QED) is 0.776. The molecule has 0 amide bonds. The fourth-order valence-corrected chi connectivity index (χ4v) is 1.26. The van der Waals surface area contributed by atoms with Crippen molar-refractivity contribution in [1.29, 1.82) is 0 Å². The number of rotatable bonds is 3. The molecule has 5 heteroatoms. The molecule has 71 valence electrons. The molecule has 0 atom stereocenters.